The molecule has 4 aromatic carbocycles. The van der Waals surface area contributed by atoms with Crippen LogP contribution in [0.2, 0.25) is 0 Å². The van der Waals surface area contributed by atoms with E-state index in [1.165, 1.54) is 0 Å². The van der Waals surface area contributed by atoms with E-state index in [1.807, 2.05) is 54.6 Å². The van der Waals surface area contributed by atoms with Gasteiger partial charge in [-0.25, -0.2) is 0 Å². The fourth-order valence-electron chi connectivity index (χ4n) is 4.20. The number of aliphatic hydroxyl groups excluding tert-OH is 1. The lowest BCUT2D eigenvalue weighted by molar-refractivity contribution is 0.303. The van der Waals surface area contributed by atoms with Crippen LogP contribution in [-0.2, 0) is 26.7 Å². The van der Waals surface area contributed by atoms with E-state index in [1.54, 1.807) is 36.2 Å². The van der Waals surface area contributed by atoms with Crippen molar-refractivity contribution in [3.8, 4) is 0 Å². The van der Waals surface area contributed by atoms with Crippen molar-refractivity contribution in [3.63, 3.8) is 0 Å². The molecule has 5 rings (SSSR count). The minimum Gasteiger partial charge on any atom is -0.395 e. The Morgan fingerprint density at radius 2 is 1.20 bits per heavy atom. The average Bonchev–Trinajstić information content (AvgIpc) is 3.07. The third-order valence-electron chi connectivity index (χ3n) is 6.65. The molecule has 16 nitrogen and oxygen atoms in total. The summed E-state index contributed by atoms with van der Waals surface area (Å²) in [5.41, 5.74) is 2.99. The summed E-state index contributed by atoms with van der Waals surface area (Å²) in [6, 6.07) is 25.7. The molecule has 0 aliphatic carbocycles. The van der Waals surface area contributed by atoms with Gasteiger partial charge in [0.15, 0.2) is 0 Å². The Morgan fingerprint density at radius 1 is 0.673 bits per heavy atom. The molecule has 49 heavy (non-hydrogen) atoms. The molecule has 0 saturated carbocycles. The Labute approximate surface area is 281 Å². The van der Waals surface area contributed by atoms with E-state index < -0.39 is 30.0 Å². The molecule has 0 amide bonds. The first-order valence-electron chi connectivity index (χ1n) is 14.4. The zero-order chi connectivity index (χ0) is 35.0. The average molecular weight is 704 g/mol. The molecule has 18 heteroatoms. The molecule has 0 saturated heterocycles. The monoisotopic (exact) mass is 703 g/mol. The van der Waals surface area contributed by atoms with Crippen LogP contribution >= 0.6 is 0 Å². The molecule has 4 N–H and O–H groups in total. The number of hydrogen-bond acceptors (Lipinski definition) is 14. The fourth-order valence-corrected chi connectivity index (χ4v) is 5.37. The highest BCUT2D eigenvalue weighted by Gasteiger charge is 2.18. The van der Waals surface area contributed by atoms with Crippen molar-refractivity contribution >= 4 is 60.6 Å². The lowest BCUT2D eigenvalue weighted by Crippen LogP contribution is -2.24. The highest BCUT2D eigenvalue weighted by Crippen LogP contribution is 2.27. The molecule has 1 heterocycles. The zero-order valence-electron chi connectivity index (χ0n) is 25.7. The van der Waals surface area contributed by atoms with Crippen molar-refractivity contribution in [1.29, 1.82) is 0 Å². The van der Waals surface area contributed by atoms with Gasteiger partial charge in [-0.05, 0) is 72.3 Å². The highest BCUT2D eigenvalue weighted by molar-refractivity contribution is 7.86. The van der Waals surface area contributed by atoms with Crippen LogP contribution in [0, 0.1) is 0 Å². The number of nitrogens with one attached hydrogen (secondary N) is 1. The highest BCUT2D eigenvalue weighted by atomic mass is 32.2. The van der Waals surface area contributed by atoms with Crippen molar-refractivity contribution in [1.82, 2.24) is 15.0 Å². The van der Waals surface area contributed by atoms with Gasteiger partial charge in [-0.3, -0.25) is 9.11 Å². The van der Waals surface area contributed by atoms with E-state index in [4.69, 9.17) is 0 Å². The third-order valence-corrected chi connectivity index (χ3v) is 8.31. The summed E-state index contributed by atoms with van der Waals surface area (Å²) in [5.74, 6) is 1.06. The molecule has 0 spiro atoms. The second kappa shape index (κ2) is 15.1. The predicted molar refractivity (Wildman–Crippen MR) is 180 cm³/mol. The lowest BCUT2D eigenvalue weighted by atomic mass is 10.1. The number of benzene rings is 4. The van der Waals surface area contributed by atoms with Crippen molar-refractivity contribution in [2.75, 3.05) is 30.4 Å². The number of nitrogens with zero attached hydrogens (tertiary/aromatic N) is 8. The number of anilines is 3. The number of azo groups is 2. The van der Waals surface area contributed by atoms with Gasteiger partial charge in [-0.2, -0.15) is 52.2 Å². The quantitative estimate of drug-likeness (QED) is 0.0822. The first-order valence-corrected chi connectivity index (χ1v) is 17.3. The van der Waals surface area contributed by atoms with Crippen LogP contribution in [0.3, 0.4) is 0 Å². The van der Waals surface area contributed by atoms with Crippen LogP contribution in [0.25, 0.3) is 0 Å². The van der Waals surface area contributed by atoms with Gasteiger partial charge < -0.3 is 15.3 Å². The molecule has 0 bridgehead atoms. The summed E-state index contributed by atoms with van der Waals surface area (Å²) in [6.07, 6.45) is 0.380. The Balaban J connectivity index is 1.33. The van der Waals surface area contributed by atoms with Crippen LogP contribution in [0.1, 0.15) is 11.4 Å². The van der Waals surface area contributed by atoms with Gasteiger partial charge in [0, 0.05) is 25.7 Å². The van der Waals surface area contributed by atoms with Crippen molar-refractivity contribution < 1.29 is 31.0 Å². The van der Waals surface area contributed by atoms with Gasteiger partial charge in [-0.15, -0.1) is 0 Å². The zero-order valence-corrected chi connectivity index (χ0v) is 27.4. The number of rotatable bonds is 13. The van der Waals surface area contributed by atoms with Gasteiger partial charge in [0.2, 0.25) is 11.9 Å². The number of likely N-dealkylation sites (N-methyl/N-ethyl adjacent to an activating group) is 1. The first-order chi connectivity index (χ1) is 23.4. The number of aliphatic hydroxyl groups is 1. The molecular weight excluding hydrogens is 675 g/mol. The van der Waals surface area contributed by atoms with Gasteiger partial charge in [-0.1, -0.05) is 30.3 Å². The molecule has 0 radical (unpaired) electrons. The minimum atomic E-state index is -4.80. The summed E-state index contributed by atoms with van der Waals surface area (Å²) in [6.45, 7) is 0.190. The smallest absolute Gasteiger partial charge is 0.294 e. The SMILES string of the molecule is CN(CCO)c1nc(Cc2ccc(N=Nc3ccccc3)cc2)nc(Nc2ccc(N=Nc3cc(S(=O)(=O)O)cc(S(=O)(=O)O)c3)cc2)n1. The van der Waals surface area contributed by atoms with Crippen LogP contribution < -0.4 is 10.2 Å². The fraction of sp³-hybridized carbons (Fsp3) is 0.129. The van der Waals surface area contributed by atoms with E-state index in [0.29, 0.717) is 47.9 Å². The first kappa shape index (κ1) is 34.8. The van der Waals surface area contributed by atoms with Crippen LogP contribution in [0.4, 0.5) is 40.3 Å². The van der Waals surface area contributed by atoms with Crippen LogP contribution in [-0.4, -0.2) is 66.2 Å². The molecular formula is C31H29N9O7S2. The van der Waals surface area contributed by atoms with Crippen LogP contribution in [0.5, 0.6) is 0 Å². The molecule has 0 aliphatic rings. The Morgan fingerprint density at radius 3 is 1.76 bits per heavy atom. The van der Waals surface area contributed by atoms with Gasteiger partial charge in [0.1, 0.15) is 5.82 Å². The van der Waals surface area contributed by atoms with E-state index in [0.717, 1.165) is 23.4 Å². The van der Waals surface area contributed by atoms with Crippen molar-refractivity contribution in [2.24, 2.45) is 20.5 Å². The Bertz CT molecular complexity index is 2150. The predicted octanol–water partition coefficient (Wildman–Crippen LogP) is 5.96. The van der Waals surface area contributed by atoms with Crippen LogP contribution in [0.15, 0.2) is 127 Å². The van der Waals surface area contributed by atoms with Gasteiger partial charge in [0.05, 0.1) is 39.1 Å². The third kappa shape index (κ3) is 9.98. The standard InChI is InChI=1S/C31H29N9O7S2/c1-40(15-16-41)31-34-29(17-21-7-9-24(10-8-21)37-36-23-5-3-2-4-6-23)33-30(35-31)32-22-11-13-25(14-12-22)38-39-26-18-27(48(42,43)44)20-28(19-26)49(45,46)47/h2-14,18-20,41H,15-17H2,1H3,(H,42,43,44)(H,45,46,47)(H,32,33,34,35). The lowest BCUT2D eigenvalue weighted by Gasteiger charge is -2.17. The van der Waals surface area contributed by atoms with E-state index in [2.05, 4.69) is 40.7 Å². The Hall–Kier alpha value is -5.53. The molecule has 0 aliphatic heterocycles. The van der Waals surface area contributed by atoms with Crippen molar-refractivity contribution in [3.05, 3.63) is 108 Å². The second-order valence-electron chi connectivity index (χ2n) is 10.4. The molecule has 252 valence electrons. The molecule has 5 aromatic rings. The largest absolute Gasteiger partial charge is 0.395 e. The number of aromatic nitrogens is 3. The van der Waals surface area contributed by atoms with E-state index >= 15 is 0 Å². The number of hydrogen-bond donors (Lipinski definition) is 4. The topological polar surface area (TPSA) is 232 Å². The molecule has 0 fully saturated rings. The normalized spacial score (nSPS) is 12.1. The summed E-state index contributed by atoms with van der Waals surface area (Å²) >= 11 is 0. The maximum absolute atomic E-state index is 11.6. The maximum Gasteiger partial charge on any atom is 0.294 e. The van der Waals surface area contributed by atoms with Crippen molar-refractivity contribution in [2.45, 2.75) is 16.2 Å². The van der Waals surface area contributed by atoms with Gasteiger partial charge >= 0.3 is 0 Å². The molecule has 1 aromatic heterocycles. The maximum atomic E-state index is 11.6. The summed E-state index contributed by atoms with van der Waals surface area (Å²) < 4.78 is 65.0. The molecule has 0 unspecified atom stereocenters. The van der Waals surface area contributed by atoms with Gasteiger partial charge in [0.25, 0.3) is 20.2 Å². The molecule has 0 atom stereocenters. The summed E-state index contributed by atoms with van der Waals surface area (Å²) in [7, 11) is -7.85. The van der Waals surface area contributed by atoms with E-state index in [-0.39, 0.29) is 18.2 Å². The van der Waals surface area contributed by atoms with E-state index in [9.17, 15) is 31.0 Å². The minimum absolute atomic E-state index is 0.105. The summed E-state index contributed by atoms with van der Waals surface area (Å²) in [4.78, 5) is 13.8. The summed E-state index contributed by atoms with van der Waals surface area (Å²) in [5, 5.41) is 28.9. The Kier molecular flexibility index (Phi) is 10.7. The second-order valence-corrected chi connectivity index (χ2v) is 13.2.